The minimum absolute atomic E-state index is 0.0339. The highest BCUT2D eigenvalue weighted by Crippen LogP contribution is 2.29. The van der Waals surface area contributed by atoms with E-state index >= 15 is 0 Å². The van der Waals surface area contributed by atoms with Crippen LogP contribution in [0.4, 0.5) is 19.0 Å². The first-order chi connectivity index (χ1) is 18.9. The molecule has 1 amide bonds. The lowest BCUT2D eigenvalue weighted by atomic mass is 10.0. The highest BCUT2D eigenvalue weighted by Gasteiger charge is 2.29. The number of carbonyl (C=O) groups excluding carboxylic acids is 1. The number of ether oxygens (including phenoxy) is 1. The van der Waals surface area contributed by atoms with E-state index in [1.165, 1.54) is 12.1 Å². The van der Waals surface area contributed by atoms with Gasteiger partial charge in [0.05, 0.1) is 17.8 Å². The molecule has 1 aliphatic heterocycles. The van der Waals surface area contributed by atoms with Gasteiger partial charge in [-0.25, -0.2) is 4.98 Å². The Morgan fingerprint density at radius 3 is 2.38 bits per heavy atom. The van der Waals surface area contributed by atoms with Crippen molar-refractivity contribution in [3.05, 3.63) is 95.2 Å². The number of nitrogens with one attached hydrogen (secondary N) is 2. The van der Waals surface area contributed by atoms with Gasteiger partial charge in [0.1, 0.15) is 12.4 Å². The molecule has 4 rings (SSSR count). The molecule has 10 heteroatoms. The number of halogens is 3. The van der Waals surface area contributed by atoms with Gasteiger partial charge in [0.15, 0.2) is 0 Å². The smallest absolute Gasteiger partial charge is 0.391 e. The molecular formula is C29H31F3N4O3. The third kappa shape index (κ3) is 9.10. The van der Waals surface area contributed by atoms with Crippen molar-refractivity contribution in [1.29, 1.82) is 0 Å². The van der Waals surface area contributed by atoms with Crippen LogP contribution in [0.3, 0.4) is 0 Å². The standard InChI is InChI=1S/C29H31F3N4O3/c30-29(31,32)25-9-6-22(7-10-25)20-39-36-26(24-4-2-1-3-5-24)16-23-8-11-27(33-18-23)34-19-28(37)35-17-21-12-14-38-15-13-21/h1-11,18,21H,12-17,19-20H2,(H,33,34)(H,35,37). The van der Waals surface area contributed by atoms with E-state index in [0.717, 1.165) is 49.3 Å². The quantitative estimate of drug-likeness (QED) is 0.257. The Kier molecular flexibility index (Phi) is 9.91. The van der Waals surface area contributed by atoms with Gasteiger partial charge in [0, 0.05) is 32.4 Å². The van der Waals surface area contributed by atoms with Gasteiger partial charge >= 0.3 is 6.18 Å². The van der Waals surface area contributed by atoms with E-state index in [1.54, 1.807) is 12.3 Å². The fraction of sp³-hybridized carbons (Fsp3) is 0.345. The highest BCUT2D eigenvalue weighted by molar-refractivity contribution is 6.01. The molecule has 0 unspecified atom stereocenters. The summed E-state index contributed by atoms with van der Waals surface area (Å²) in [4.78, 5) is 22.1. The van der Waals surface area contributed by atoms with Crippen molar-refractivity contribution in [2.45, 2.75) is 32.0 Å². The SMILES string of the molecule is O=C(CNc1ccc(CC(=NOCc2ccc(C(F)(F)F)cc2)c2ccccc2)cn1)NCC1CCOCC1. The zero-order chi connectivity index (χ0) is 27.5. The Bertz CT molecular complexity index is 1210. The molecule has 0 spiro atoms. The summed E-state index contributed by atoms with van der Waals surface area (Å²) in [5.41, 5.74) is 2.25. The predicted octanol–water partition coefficient (Wildman–Crippen LogP) is 5.22. The number of anilines is 1. The van der Waals surface area contributed by atoms with Gasteiger partial charge in [-0.05, 0) is 53.6 Å². The molecule has 1 aliphatic rings. The molecule has 1 aromatic heterocycles. The van der Waals surface area contributed by atoms with Crippen LogP contribution in [0, 0.1) is 5.92 Å². The summed E-state index contributed by atoms with van der Waals surface area (Å²) < 4.78 is 43.7. The lowest BCUT2D eigenvalue weighted by Gasteiger charge is -2.22. The van der Waals surface area contributed by atoms with Crippen molar-refractivity contribution in [2.75, 3.05) is 31.6 Å². The second kappa shape index (κ2) is 13.7. The summed E-state index contributed by atoms with van der Waals surface area (Å²) >= 11 is 0. The average Bonchev–Trinajstić information content (AvgIpc) is 2.96. The molecule has 0 bridgehead atoms. The molecule has 2 aromatic carbocycles. The summed E-state index contributed by atoms with van der Waals surface area (Å²) in [6.07, 6.45) is -0.322. The molecule has 0 radical (unpaired) electrons. The molecule has 1 saturated heterocycles. The zero-order valence-corrected chi connectivity index (χ0v) is 21.4. The van der Waals surface area contributed by atoms with Crippen molar-refractivity contribution in [3.63, 3.8) is 0 Å². The first kappa shape index (κ1) is 28.1. The van der Waals surface area contributed by atoms with Gasteiger partial charge in [-0.3, -0.25) is 4.79 Å². The minimum atomic E-state index is -4.38. The van der Waals surface area contributed by atoms with Crippen LogP contribution in [0.1, 0.15) is 35.1 Å². The summed E-state index contributed by atoms with van der Waals surface area (Å²) in [7, 11) is 0. The lowest BCUT2D eigenvalue weighted by Crippen LogP contribution is -2.35. The molecule has 7 nitrogen and oxygen atoms in total. The number of benzene rings is 2. The van der Waals surface area contributed by atoms with Gasteiger partial charge in [-0.15, -0.1) is 0 Å². The van der Waals surface area contributed by atoms with Crippen molar-refractivity contribution in [1.82, 2.24) is 10.3 Å². The molecule has 2 N–H and O–H groups in total. The molecule has 39 heavy (non-hydrogen) atoms. The number of pyridine rings is 1. The molecular weight excluding hydrogens is 509 g/mol. The fourth-order valence-corrected chi connectivity index (χ4v) is 4.06. The average molecular weight is 541 g/mol. The predicted molar refractivity (Wildman–Crippen MR) is 142 cm³/mol. The van der Waals surface area contributed by atoms with Gasteiger partial charge in [0.2, 0.25) is 5.91 Å². The number of alkyl halides is 3. The minimum Gasteiger partial charge on any atom is -0.391 e. The van der Waals surface area contributed by atoms with Crippen molar-refractivity contribution >= 4 is 17.4 Å². The van der Waals surface area contributed by atoms with Crippen LogP contribution < -0.4 is 10.6 Å². The number of amides is 1. The number of oxime groups is 1. The highest BCUT2D eigenvalue weighted by atomic mass is 19.4. The lowest BCUT2D eigenvalue weighted by molar-refractivity contribution is -0.137. The summed E-state index contributed by atoms with van der Waals surface area (Å²) in [6.45, 7) is 2.31. The van der Waals surface area contributed by atoms with E-state index in [4.69, 9.17) is 9.57 Å². The van der Waals surface area contributed by atoms with Gasteiger partial charge in [-0.1, -0.05) is 53.7 Å². The fourth-order valence-electron chi connectivity index (χ4n) is 4.06. The Balaban J connectivity index is 1.31. The Morgan fingerprint density at radius 1 is 1.00 bits per heavy atom. The number of nitrogens with zero attached hydrogens (tertiary/aromatic N) is 2. The van der Waals surface area contributed by atoms with Crippen LogP contribution in [0.15, 0.2) is 78.1 Å². The topological polar surface area (TPSA) is 84.8 Å². The van der Waals surface area contributed by atoms with E-state index in [0.29, 0.717) is 36.0 Å². The maximum atomic E-state index is 12.8. The van der Waals surface area contributed by atoms with Crippen LogP contribution in [0.25, 0.3) is 0 Å². The maximum absolute atomic E-state index is 12.8. The monoisotopic (exact) mass is 540 g/mol. The Morgan fingerprint density at radius 2 is 1.72 bits per heavy atom. The van der Waals surface area contributed by atoms with Gasteiger partial charge in [0.25, 0.3) is 0 Å². The third-order valence-corrected chi connectivity index (χ3v) is 6.35. The number of hydrogen-bond acceptors (Lipinski definition) is 6. The van der Waals surface area contributed by atoms with Crippen molar-refractivity contribution < 1.29 is 27.5 Å². The number of carbonyl (C=O) groups is 1. The summed E-state index contributed by atoms with van der Waals surface area (Å²) in [5.74, 6) is 0.951. The molecule has 3 aromatic rings. The molecule has 0 saturated carbocycles. The van der Waals surface area contributed by atoms with Crippen LogP contribution in [-0.4, -0.2) is 42.9 Å². The summed E-state index contributed by atoms with van der Waals surface area (Å²) in [5, 5.41) is 10.3. The Hall–Kier alpha value is -3.92. The first-order valence-electron chi connectivity index (χ1n) is 12.8. The van der Waals surface area contributed by atoms with Gasteiger partial charge < -0.3 is 20.2 Å². The molecule has 1 fully saturated rings. The molecule has 0 aliphatic carbocycles. The second-order valence-electron chi connectivity index (χ2n) is 9.31. The normalized spacial score (nSPS) is 14.6. The van der Waals surface area contributed by atoms with E-state index in [-0.39, 0.29) is 19.1 Å². The van der Waals surface area contributed by atoms with Crippen LogP contribution in [0.2, 0.25) is 0 Å². The van der Waals surface area contributed by atoms with Crippen molar-refractivity contribution in [3.8, 4) is 0 Å². The van der Waals surface area contributed by atoms with Crippen LogP contribution >= 0.6 is 0 Å². The zero-order valence-electron chi connectivity index (χ0n) is 21.4. The second-order valence-corrected chi connectivity index (χ2v) is 9.31. The van der Waals surface area contributed by atoms with E-state index in [2.05, 4.69) is 20.8 Å². The first-order valence-corrected chi connectivity index (χ1v) is 12.8. The van der Waals surface area contributed by atoms with Gasteiger partial charge in [-0.2, -0.15) is 13.2 Å². The molecule has 206 valence electrons. The number of hydrogen-bond donors (Lipinski definition) is 2. The van der Waals surface area contributed by atoms with Crippen molar-refractivity contribution in [2.24, 2.45) is 11.1 Å². The maximum Gasteiger partial charge on any atom is 0.416 e. The van der Waals surface area contributed by atoms with Crippen LogP contribution in [0.5, 0.6) is 0 Å². The van der Waals surface area contributed by atoms with E-state index in [9.17, 15) is 18.0 Å². The van der Waals surface area contributed by atoms with Crippen LogP contribution in [-0.2, 0) is 33.6 Å². The molecule has 2 heterocycles. The largest absolute Gasteiger partial charge is 0.416 e. The van der Waals surface area contributed by atoms with E-state index < -0.39 is 11.7 Å². The number of rotatable bonds is 11. The summed E-state index contributed by atoms with van der Waals surface area (Å²) in [6, 6.07) is 18.0. The van der Waals surface area contributed by atoms with E-state index in [1.807, 2.05) is 36.4 Å². The Labute approximate surface area is 225 Å². The molecule has 0 atom stereocenters. The third-order valence-electron chi connectivity index (χ3n) is 6.35. The number of aromatic nitrogens is 1.